The van der Waals surface area contributed by atoms with Crippen LogP contribution >= 0.6 is 0 Å². The molecule has 4 aliphatic carbocycles. The van der Waals surface area contributed by atoms with E-state index < -0.39 is 0 Å². The molecule has 0 bridgehead atoms. The van der Waals surface area contributed by atoms with Gasteiger partial charge in [-0.15, -0.1) is 12.3 Å². The molecule has 126 valence electrons. The van der Waals surface area contributed by atoms with Crippen LogP contribution in [0.1, 0.15) is 65.2 Å². The van der Waals surface area contributed by atoms with Crippen LogP contribution in [0.25, 0.3) is 0 Å². The van der Waals surface area contributed by atoms with Gasteiger partial charge in [0.1, 0.15) is 5.78 Å². The number of hydrogen-bond acceptors (Lipinski definition) is 2. The van der Waals surface area contributed by atoms with E-state index in [0.717, 1.165) is 25.7 Å². The normalized spacial score (nSPS) is 55.5. The van der Waals surface area contributed by atoms with Gasteiger partial charge in [-0.1, -0.05) is 13.8 Å². The minimum absolute atomic E-state index is 0.115. The van der Waals surface area contributed by atoms with E-state index >= 15 is 0 Å². The van der Waals surface area contributed by atoms with Gasteiger partial charge >= 0.3 is 0 Å². The third-order valence-electron chi connectivity index (χ3n) is 8.77. The molecular weight excluding hydrogens is 284 g/mol. The highest BCUT2D eigenvalue weighted by Gasteiger charge is 2.62. The number of aliphatic hydroxyl groups excluding tert-OH is 1. The molecule has 4 aliphatic rings. The summed E-state index contributed by atoms with van der Waals surface area (Å²) in [6, 6.07) is 0. The van der Waals surface area contributed by atoms with Crippen molar-refractivity contribution in [3.63, 3.8) is 0 Å². The zero-order valence-corrected chi connectivity index (χ0v) is 14.6. The monoisotopic (exact) mass is 314 g/mol. The molecule has 4 saturated carbocycles. The molecule has 0 radical (unpaired) electrons. The molecule has 4 fully saturated rings. The number of hydrogen-bond donors (Lipinski definition) is 1. The van der Waals surface area contributed by atoms with Crippen molar-refractivity contribution in [3.05, 3.63) is 0 Å². The van der Waals surface area contributed by atoms with Crippen molar-refractivity contribution in [2.24, 2.45) is 40.4 Å². The van der Waals surface area contributed by atoms with Crippen LogP contribution in [0.3, 0.4) is 0 Å². The van der Waals surface area contributed by atoms with Crippen LogP contribution < -0.4 is 0 Å². The Balaban J connectivity index is 1.70. The molecule has 0 spiro atoms. The second-order valence-electron chi connectivity index (χ2n) is 9.32. The third kappa shape index (κ3) is 1.95. The minimum atomic E-state index is -0.115. The molecule has 1 N–H and O–H groups in total. The number of carbonyl (C=O) groups excluding carboxylic acids is 1. The van der Waals surface area contributed by atoms with Gasteiger partial charge in [-0.3, -0.25) is 4.79 Å². The van der Waals surface area contributed by atoms with E-state index in [1.807, 2.05) is 0 Å². The maximum Gasteiger partial charge on any atom is 0.134 e. The van der Waals surface area contributed by atoms with E-state index in [1.165, 1.54) is 19.3 Å². The number of aliphatic hydroxyl groups is 1. The van der Waals surface area contributed by atoms with Crippen molar-refractivity contribution in [1.29, 1.82) is 0 Å². The first-order valence-electron chi connectivity index (χ1n) is 9.57. The van der Waals surface area contributed by atoms with Crippen LogP contribution in [-0.4, -0.2) is 17.0 Å². The van der Waals surface area contributed by atoms with Crippen LogP contribution in [0.2, 0.25) is 0 Å². The average molecular weight is 314 g/mol. The third-order valence-corrected chi connectivity index (χ3v) is 8.77. The molecule has 2 nitrogen and oxygen atoms in total. The van der Waals surface area contributed by atoms with E-state index in [4.69, 9.17) is 6.42 Å². The van der Waals surface area contributed by atoms with Crippen LogP contribution in [0.15, 0.2) is 0 Å². The van der Waals surface area contributed by atoms with Crippen molar-refractivity contribution >= 4 is 5.78 Å². The first-order chi connectivity index (χ1) is 10.9. The summed E-state index contributed by atoms with van der Waals surface area (Å²) in [6.07, 6.45) is 14.0. The van der Waals surface area contributed by atoms with Gasteiger partial charge in [-0.2, -0.15) is 0 Å². The summed E-state index contributed by atoms with van der Waals surface area (Å²) in [5.41, 5.74) is 0.265. The number of rotatable bonds is 0. The van der Waals surface area contributed by atoms with Gasteiger partial charge < -0.3 is 5.11 Å². The first kappa shape index (κ1) is 15.7. The molecule has 4 rings (SSSR count). The van der Waals surface area contributed by atoms with Gasteiger partial charge in [0.15, 0.2) is 0 Å². The molecule has 2 unspecified atom stereocenters. The minimum Gasteiger partial charge on any atom is -0.393 e. The second-order valence-corrected chi connectivity index (χ2v) is 9.32. The van der Waals surface area contributed by atoms with Crippen molar-refractivity contribution in [2.75, 3.05) is 0 Å². The summed E-state index contributed by atoms with van der Waals surface area (Å²) in [5.74, 6) is 6.02. The maximum absolute atomic E-state index is 12.1. The van der Waals surface area contributed by atoms with Crippen LogP contribution in [0.4, 0.5) is 0 Å². The van der Waals surface area contributed by atoms with Gasteiger partial charge in [0, 0.05) is 18.8 Å². The molecule has 0 heterocycles. The predicted octanol–water partition coefficient (Wildman–Crippen LogP) is 3.82. The van der Waals surface area contributed by atoms with E-state index in [0.29, 0.717) is 35.9 Å². The zero-order chi connectivity index (χ0) is 16.4. The second kappa shape index (κ2) is 5.09. The number of fused-ring (bicyclic) bond motifs is 5. The number of terminal acetylenes is 1. The van der Waals surface area contributed by atoms with Crippen molar-refractivity contribution in [1.82, 2.24) is 0 Å². The molecule has 0 aliphatic heterocycles. The summed E-state index contributed by atoms with van der Waals surface area (Å²) >= 11 is 0. The summed E-state index contributed by atoms with van der Waals surface area (Å²) in [5, 5.41) is 10.5. The van der Waals surface area contributed by atoms with Crippen molar-refractivity contribution < 1.29 is 9.90 Å². The van der Waals surface area contributed by atoms with E-state index in [9.17, 15) is 9.90 Å². The first-order valence-corrected chi connectivity index (χ1v) is 9.57. The molecule has 0 aromatic rings. The average Bonchev–Trinajstić information content (AvgIpc) is 2.83. The Bertz CT molecular complexity index is 561. The van der Waals surface area contributed by atoms with Crippen LogP contribution in [0, 0.1) is 52.8 Å². The highest BCUT2D eigenvalue weighted by atomic mass is 16.3. The Hall–Kier alpha value is -0.810. The molecule has 0 aromatic carbocycles. The van der Waals surface area contributed by atoms with Crippen molar-refractivity contribution in [2.45, 2.75) is 71.3 Å². The predicted molar refractivity (Wildman–Crippen MR) is 90.4 cm³/mol. The Labute approximate surface area is 140 Å². The zero-order valence-electron chi connectivity index (χ0n) is 14.6. The lowest BCUT2D eigenvalue weighted by atomic mass is 9.43. The number of carbonyl (C=O) groups is 1. The smallest absolute Gasteiger partial charge is 0.134 e. The topological polar surface area (TPSA) is 37.3 Å². The number of ketones is 1. The van der Waals surface area contributed by atoms with Gasteiger partial charge in [0.25, 0.3) is 0 Å². The summed E-state index contributed by atoms with van der Waals surface area (Å²) in [7, 11) is 0. The Morgan fingerprint density at radius 2 is 1.87 bits per heavy atom. The molecule has 2 heteroatoms. The summed E-state index contributed by atoms with van der Waals surface area (Å²) in [6.45, 7) is 4.72. The number of Topliss-reactive ketones (excluding diaryl/α,β-unsaturated/α-hetero) is 1. The van der Waals surface area contributed by atoms with Crippen LogP contribution in [0.5, 0.6) is 0 Å². The fourth-order valence-electron chi connectivity index (χ4n) is 7.35. The quantitative estimate of drug-likeness (QED) is 0.690. The lowest BCUT2D eigenvalue weighted by Gasteiger charge is -2.61. The Morgan fingerprint density at radius 1 is 1.09 bits per heavy atom. The highest BCUT2D eigenvalue weighted by molar-refractivity contribution is 5.80. The molecule has 23 heavy (non-hydrogen) atoms. The Morgan fingerprint density at radius 3 is 2.61 bits per heavy atom. The van der Waals surface area contributed by atoms with E-state index in [-0.39, 0.29) is 22.9 Å². The maximum atomic E-state index is 12.1. The molecule has 0 amide bonds. The fraction of sp³-hybridized carbons (Fsp3) is 0.857. The van der Waals surface area contributed by atoms with Crippen LogP contribution in [-0.2, 0) is 4.79 Å². The summed E-state index contributed by atoms with van der Waals surface area (Å²) in [4.78, 5) is 12.1. The molecular formula is C21H30O2. The summed E-state index contributed by atoms with van der Waals surface area (Å²) < 4.78 is 0. The van der Waals surface area contributed by atoms with Gasteiger partial charge in [-0.25, -0.2) is 0 Å². The highest BCUT2D eigenvalue weighted by Crippen LogP contribution is 2.66. The van der Waals surface area contributed by atoms with Crippen molar-refractivity contribution in [3.8, 4) is 12.3 Å². The SMILES string of the molecule is C#CC1CC(=O)CC2CC[C@@H]3[C@H](CC[C@]4(C)[C@@H](O)CC[C@@H]34)[C@@]12C. The van der Waals surface area contributed by atoms with E-state index in [1.54, 1.807) is 0 Å². The standard InChI is InChI=1S/C21H30O2/c1-4-13-11-15(22)12-14-5-6-16-17-7-8-19(23)20(17,2)10-9-18(16)21(13,14)3/h1,13-14,16-19,23H,5-12H2,2-3H3/t13?,14?,16-,17-,18-,19-,20-,21-/m0/s1. The van der Waals surface area contributed by atoms with Gasteiger partial charge in [-0.05, 0) is 73.0 Å². The molecule has 0 aromatic heterocycles. The van der Waals surface area contributed by atoms with E-state index in [2.05, 4.69) is 19.8 Å². The lowest BCUT2D eigenvalue weighted by Crippen LogP contribution is -2.57. The lowest BCUT2D eigenvalue weighted by molar-refractivity contribution is -0.150. The van der Waals surface area contributed by atoms with Gasteiger partial charge in [0.2, 0.25) is 0 Å². The largest absolute Gasteiger partial charge is 0.393 e. The molecule has 0 saturated heterocycles. The Kier molecular flexibility index (Phi) is 3.48. The molecule has 8 atom stereocenters. The fourth-order valence-corrected chi connectivity index (χ4v) is 7.35. The van der Waals surface area contributed by atoms with Gasteiger partial charge in [0.05, 0.1) is 6.10 Å².